The third kappa shape index (κ3) is 5.62. The molecule has 1 aliphatic rings. The van der Waals surface area contributed by atoms with Crippen molar-refractivity contribution in [2.75, 3.05) is 12.3 Å². The van der Waals surface area contributed by atoms with E-state index < -0.39 is 60.6 Å². The van der Waals surface area contributed by atoms with Crippen LogP contribution in [0.25, 0.3) is 0 Å². The molecule has 1 aromatic heterocycles. The van der Waals surface area contributed by atoms with Gasteiger partial charge in [0, 0.05) is 5.38 Å². The van der Waals surface area contributed by atoms with E-state index in [4.69, 9.17) is 20.8 Å². The van der Waals surface area contributed by atoms with Gasteiger partial charge in [0.15, 0.2) is 10.8 Å². The average molecular weight is 481 g/mol. The fraction of sp³-hybridized carbons (Fsp3) is 0.467. The minimum Gasteiger partial charge on any atom is -0.479 e. The molecule has 176 valence electrons. The molecule has 1 aromatic rings. The summed E-state index contributed by atoms with van der Waals surface area (Å²) in [5.74, 6) is -5.26. The maximum absolute atomic E-state index is 12.7. The molecule has 2 heterocycles. The van der Waals surface area contributed by atoms with Crippen LogP contribution in [0.15, 0.2) is 10.5 Å². The number of carboxylic acid groups (broad SMARTS) is 2. The first-order valence-corrected chi connectivity index (χ1v) is 9.33. The molecule has 0 spiro atoms. The van der Waals surface area contributed by atoms with Gasteiger partial charge >= 0.3 is 18.6 Å². The number of nitrogens with zero attached hydrogens (tertiary/aromatic N) is 3. The van der Waals surface area contributed by atoms with Gasteiger partial charge in [-0.15, -0.1) is 11.3 Å². The Labute approximate surface area is 181 Å². The molecule has 2 amide bonds. The standard InChI is InChI=1S/C15H17F2N5O9S/c1-15(2)8(10(26)22(15)31-12(11(27)28)30-13(16)17)20-9(25)7(21-29-3-6(23)24)5-4-32-14(18)19-5/h4,8,12-13H,3H2,1-2H3,(H2,18,19)(H,20,25)(H,23,24)(H,27,28)/b21-7-/t8-,12?/m1/s1. The van der Waals surface area contributed by atoms with Crippen LogP contribution in [-0.4, -0.2) is 80.8 Å². The monoisotopic (exact) mass is 481 g/mol. The first-order chi connectivity index (χ1) is 14.8. The molecule has 5 N–H and O–H groups in total. The Bertz CT molecular complexity index is 938. The lowest BCUT2D eigenvalue weighted by molar-refractivity contribution is -0.343. The number of hydroxylamine groups is 2. The maximum atomic E-state index is 12.7. The van der Waals surface area contributed by atoms with E-state index in [1.54, 1.807) is 0 Å². The highest BCUT2D eigenvalue weighted by Crippen LogP contribution is 2.33. The normalized spacial score (nSPS) is 18.8. The molecule has 1 aliphatic heterocycles. The lowest BCUT2D eigenvalue weighted by atomic mass is 9.84. The number of nitrogens with one attached hydrogen (secondary N) is 1. The van der Waals surface area contributed by atoms with Gasteiger partial charge in [-0.2, -0.15) is 8.78 Å². The molecule has 17 heteroatoms. The highest BCUT2D eigenvalue weighted by Gasteiger charge is 2.58. The number of rotatable bonds is 11. The molecule has 2 atom stereocenters. The van der Waals surface area contributed by atoms with Gasteiger partial charge in [-0.05, 0) is 13.8 Å². The zero-order chi connectivity index (χ0) is 24.2. The number of aromatic nitrogens is 1. The molecule has 0 saturated carbocycles. The van der Waals surface area contributed by atoms with Gasteiger partial charge in [0.2, 0.25) is 6.61 Å². The van der Waals surface area contributed by atoms with Gasteiger partial charge < -0.3 is 26.1 Å². The number of anilines is 1. The number of halogens is 2. The van der Waals surface area contributed by atoms with Gasteiger partial charge in [-0.3, -0.25) is 14.3 Å². The van der Waals surface area contributed by atoms with Crippen molar-refractivity contribution in [2.45, 2.75) is 38.3 Å². The number of carbonyl (C=O) groups excluding carboxylic acids is 2. The van der Waals surface area contributed by atoms with E-state index >= 15 is 0 Å². The van der Waals surface area contributed by atoms with Crippen molar-refractivity contribution >= 4 is 45.9 Å². The molecular formula is C15H17F2N5O9S. The number of nitrogen functional groups attached to an aromatic ring is 1. The van der Waals surface area contributed by atoms with E-state index in [0.29, 0.717) is 5.06 Å². The smallest absolute Gasteiger partial charge is 0.363 e. The Morgan fingerprint density at radius 1 is 1.41 bits per heavy atom. The Morgan fingerprint density at radius 2 is 2.06 bits per heavy atom. The van der Waals surface area contributed by atoms with Gasteiger partial charge in [0.05, 0.1) is 5.54 Å². The highest BCUT2D eigenvalue weighted by molar-refractivity contribution is 7.13. The van der Waals surface area contributed by atoms with Crippen LogP contribution in [0.1, 0.15) is 19.5 Å². The predicted molar refractivity (Wildman–Crippen MR) is 99.1 cm³/mol. The first kappa shape index (κ1) is 24.8. The number of carbonyl (C=O) groups is 4. The Kier molecular flexibility index (Phi) is 7.60. The largest absolute Gasteiger partial charge is 0.479 e. The summed E-state index contributed by atoms with van der Waals surface area (Å²) in [6.07, 6.45) is -2.48. The minimum atomic E-state index is -3.48. The Balaban J connectivity index is 2.15. The van der Waals surface area contributed by atoms with Crippen molar-refractivity contribution in [3.8, 4) is 0 Å². The maximum Gasteiger partial charge on any atom is 0.363 e. The molecule has 1 unspecified atom stereocenters. The van der Waals surface area contributed by atoms with Crippen LogP contribution in [-0.2, 0) is 33.6 Å². The van der Waals surface area contributed by atoms with Crippen LogP contribution in [0.4, 0.5) is 13.9 Å². The third-order valence-corrected chi connectivity index (χ3v) is 4.58. The number of oxime groups is 1. The summed E-state index contributed by atoms with van der Waals surface area (Å²) < 4.78 is 28.5. The number of ether oxygens (including phenoxy) is 1. The van der Waals surface area contributed by atoms with Gasteiger partial charge in [-0.1, -0.05) is 5.16 Å². The number of thiazole rings is 1. The summed E-state index contributed by atoms with van der Waals surface area (Å²) in [6.45, 7) is -1.66. The van der Waals surface area contributed by atoms with Gasteiger partial charge in [-0.25, -0.2) is 24.5 Å². The first-order valence-electron chi connectivity index (χ1n) is 8.45. The molecule has 0 aromatic carbocycles. The second-order valence-electron chi connectivity index (χ2n) is 6.54. The van der Waals surface area contributed by atoms with E-state index in [-0.39, 0.29) is 10.8 Å². The van der Waals surface area contributed by atoms with Gasteiger partial charge in [0.1, 0.15) is 11.7 Å². The molecule has 0 bridgehead atoms. The summed E-state index contributed by atoms with van der Waals surface area (Å²) in [7, 11) is 0. The zero-order valence-corrected chi connectivity index (χ0v) is 17.2. The number of nitrogens with two attached hydrogens (primary N) is 1. The molecule has 0 radical (unpaired) electrons. The molecule has 14 nitrogen and oxygen atoms in total. The SMILES string of the molecule is CC1(C)[C@H](NC(=O)/C(=N\OCC(=O)O)c2csc(N)n2)C(=O)N1OC(OC(F)F)C(=O)O. The van der Waals surface area contributed by atoms with E-state index in [1.807, 2.05) is 0 Å². The zero-order valence-electron chi connectivity index (χ0n) is 16.4. The van der Waals surface area contributed by atoms with Crippen LogP contribution in [0.3, 0.4) is 0 Å². The highest BCUT2D eigenvalue weighted by atomic mass is 32.1. The molecule has 0 aliphatic carbocycles. The summed E-state index contributed by atoms with van der Waals surface area (Å²) in [5, 5.41) is 25.1. The van der Waals surface area contributed by atoms with E-state index in [2.05, 4.69) is 25.0 Å². The van der Waals surface area contributed by atoms with Crippen LogP contribution in [0, 0.1) is 0 Å². The van der Waals surface area contributed by atoms with E-state index in [1.165, 1.54) is 19.2 Å². The number of amides is 2. The molecule has 2 rings (SSSR count). The van der Waals surface area contributed by atoms with Crippen molar-refractivity contribution in [2.24, 2.45) is 5.16 Å². The van der Waals surface area contributed by atoms with Crippen LogP contribution in [0.2, 0.25) is 0 Å². The summed E-state index contributed by atoms with van der Waals surface area (Å²) in [4.78, 5) is 59.8. The lowest BCUT2D eigenvalue weighted by Crippen LogP contribution is -2.77. The van der Waals surface area contributed by atoms with Crippen molar-refractivity contribution in [3.05, 3.63) is 11.1 Å². The molecular weight excluding hydrogens is 464 g/mol. The van der Waals surface area contributed by atoms with E-state index in [9.17, 15) is 28.0 Å². The number of β-lactam (4-membered cyclic amide) rings is 1. The number of carboxylic acids is 2. The number of alkyl halides is 2. The predicted octanol–water partition coefficient (Wildman–Crippen LogP) is -0.782. The van der Waals surface area contributed by atoms with Crippen molar-refractivity contribution in [1.82, 2.24) is 15.4 Å². The second-order valence-corrected chi connectivity index (χ2v) is 7.43. The topological polar surface area (TPSA) is 203 Å². The summed E-state index contributed by atoms with van der Waals surface area (Å²) in [5.41, 5.74) is 3.55. The number of aliphatic carboxylic acids is 2. The third-order valence-electron chi connectivity index (χ3n) is 3.91. The van der Waals surface area contributed by atoms with E-state index in [0.717, 1.165) is 11.3 Å². The average Bonchev–Trinajstić information content (AvgIpc) is 3.11. The molecule has 1 saturated heterocycles. The number of hydrogen-bond donors (Lipinski definition) is 4. The Hall–Kier alpha value is -3.44. The van der Waals surface area contributed by atoms with Crippen molar-refractivity contribution in [3.63, 3.8) is 0 Å². The molecule has 1 fully saturated rings. The number of hydrogen-bond acceptors (Lipinski definition) is 11. The summed E-state index contributed by atoms with van der Waals surface area (Å²) in [6, 6.07) is -1.31. The second kappa shape index (κ2) is 9.79. The van der Waals surface area contributed by atoms with Crippen LogP contribution < -0.4 is 11.1 Å². The Morgan fingerprint density at radius 3 is 2.53 bits per heavy atom. The summed E-state index contributed by atoms with van der Waals surface area (Å²) >= 11 is 0.952. The van der Waals surface area contributed by atoms with Crippen molar-refractivity contribution < 1.29 is 52.6 Å². The fourth-order valence-electron chi connectivity index (χ4n) is 2.45. The quantitative estimate of drug-likeness (QED) is 0.134. The van der Waals surface area contributed by atoms with Crippen LogP contribution >= 0.6 is 11.3 Å². The van der Waals surface area contributed by atoms with Gasteiger partial charge in [0.25, 0.3) is 18.1 Å². The molecule has 32 heavy (non-hydrogen) atoms. The van der Waals surface area contributed by atoms with Crippen LogP contribution in [0.5, 0.6) is 0 Å². The lowest BCUT2D eigenvalue weighted by Gasteiger charge is -2.52. The van der Waals surface area contributed by atoms with Crippen molar-refractivity contribution in [1.29, 1.82) is 0 Å². The minimum absolute atomic E-state index is 0.0654. The fourth-order valence-corrected chi connectivity index (χ4v) is 3.00.